The zero-order chi connectivity index (χ0) is 18.4. The number of hydrogen-bond donors (Lipinski definition) is 1. The molecule has 1 heterocycles. The summed E-state index contributed by atoms with van der Waals surface area (Å²) in [5.74, 6) is -0.255. The molecule has 132 valence electrons. The second-order valence-corrected chi connectivity index (χ2v) is 7.05. The topological polar surface area (TPSA) is 54.9 Å². The van der Waals surface area contributed by atoms with Gasteiger partial charge in [-0.1, -0.05) is 84.5 Å². The number of hydrogen-bond acceptors (Lipinski definition) is 4. The van der Waals surface area contributed by atoms with E-state index in [2.05, 4.69) is 34.6 Å². The van der Waals surface area contributed by atoms with E-state index in [-0.39, 0.29) is 5.91 Å². The summed E-state index contributed by atoms with van der Waals surface area (Å²) in [6.45, 7) is 2.56. The fraction of sp³-hybridized carbons (Fsp3) is 0.150. The maximum Gasteiger partial charge on any atom is 0.282 e. The molecule has 2 aromatic carbocycles. The highest BCUT2D eigenvalue weighted by Gasteiger charge is 2.14. The molecule has 0 unspecified atom stereocenters. The number of carbonyl (C=O) groups is 1. The van der Waals surface area contributed by atoms with Crippen molar-refractivity contribution in [3.63, 3.8) is 0 Å². The predicted molar refractivity (Wildman–Crippen MR) is 107 cm³/mol. The van der Waals surface area contributed by atoms with Gasteiger partial charge in [-0.3, -0.25) is 4.79 Å². The molecule has 0 saturated heterocycles. The van der Waals surface area contributed by atoms with Crippen molar-refractivity contribution in [3.8, 4) is 0 Å². The standard InChI is InChI=1S/C20H18ClN3OS/c1-2-14-8-10-15(11-9-14)12-17(21)19-23-24-20(26-19)18(25)22-13-16-6-4-3-5-7-16/h3-12H,2,13H2,1H3,(H,22,25)/b17-12+. The van der Waals surface area contributed by atoms with Crippen molar-refractivity contribution in [2.45, 2.75) is 19.9 Å². The lowest BCUT2D eigenvalue weighted by Crippen LogP contribution is -2.22. The largest absolute Gasteiger partial charge is 0.346 e. The minimum Gasteiger partial charge on any atom is -0.346 e. The highest BCUT2D eigenvalue weighted by atomic mass is 35.5. The summed E-state index contributed by atoms with van der Waals surface area (Å²) in [5.41, 5.74) is 3.28. The summed E-state index contributed by atoms with van der Waals surface area (Å²) in [4.78, 5) is 12.2. The Balaban J connectivity index is 1.65. The van der Waals surface area contributed by atoms with Gasteiger partial charge in [0.2, 0.25) is 5.01 Å². The maximum absolute atomic E-state index is 12.2. The van der Waals surface area contributed by atoms with E-state index in [0.29, 0.717) is 21.6 Å². The molecule has 0 aliphatic heterocycles. The van der Waals surface area contributed by atoms with Gasteiger partial charge in [0.25, 0.3) is 5.91 Å². The molecule has 3 rings (SSSR count). The van der Waals surface area contributed by atoms with Crippen LogP contribution in [0.1, 0.15) is 38.4 Å². The zero-order valence-corrected chi connectivity index (χ0v) is 15.8. The number of nitrogens with one attached hydrogen (secondary N) is 1. The predicted octanol–water partition coefficient (Wildman–Crippen LogP) is 4.77. The molecule has 0 aliphatic carbocycles. The maximum atomic E-state index is 12.2. The Morgan fingerprint density at radius 3 is 2.42 bits per heavy atom. The summed E-state index contributed by atoms with van der Waals surface area (Å²) in [5, 5.41) is 12.1. The van der Waals surface area contributed by atoms with E-state index >= 15 is 0 Å². The highest BCUT2D eigenvalue weighted by molar-refractivity contribution is 7.15. The normalized spacial score (nSPS) is 11.4. The van der Waals surface area contributed by atoms with Crippen LogP contribution in [-0.2, 0) is 13.0 Å². The Labute approximate surface area is 161 Å². The van der Waals surface area contributed by atoms with Crippen LogP contribution in [0.2, 0.25) is 0 Å². The van der Waals surface area contributed by atoms with Crippen molar-refractivity contribution >= 4 is 40.0 Å². The monoisotopic (exact) mass is 383 g/mol. The molecule has 4 nitrogen and oxygen atoms in total. The average Bonchev–Trinajstić information content (AvgIpc) is 3.18. The molecule has 6 heteroatoms. The van der Waals surface area contributed by atoms with Crippen LogP contribution in [-0.4, -0.2) is 16.1 Å². The molecular formula is C20H18ClN3OS. The Hall–Kier alpha value is -2.50. The number of carbonyl (C=O) groups excluding carboxylic acids is 1. The van der Waals surface area contributed by atoms with Crippen molar-refractivity contribution in [2.75, 3.05) is 0 Å². The van der Waals surface area contributed by atoms with Crippen molar-refractivity contribution in [1.29, 1.82) is 0 Å². The van der Waals surface area contributed by atoms with Gasteiger partial charge in [0, 0.05) is 6.54 Å². The molecule has 1 aromatic heterocycles. The van der Waals surface area contributed by atoms with Crippen LogP contribution in [0.5, 0.6) is 0 Å². The summed E-state index contributed by atoms with van der Waals surface area (Å²) in [6, 6.07) is 17.9. The molecule has 26 heavy (non-hydrogen) atoms. The molecule has 1 amide bonds. The van der Waals surface area contributed by atoms with E-state index in [0.717, 1.165) is 17.5 Å². The van der Waals surface area contributed by atoms with E-state index in [9.17, 15) is 4.79 Å². The first-order valence-corrected chi connectivity index (χ1v) is 9.47. The molecule has 1 N–H and O–H groups in total. The number of benzene rings is 2. The minimum absolute atomic E-state index is 0.255. The summed E-state index contributed by atoms with van der Waals surface area (Å²) < 4.78 is 0. The van der Waals surface area contributed by atoms with Crippen LogP contribution in [0.4, 0.5) is 0 Å². The van der Waals surface area contributed by atoms with Crippen LogP contribution in [0.15, 0.2) is 54.6 Å². The van der Waals surface area contributed by atoms with Crippen LogP contribution >= 0.6 is 22.9 Å². The first-order valence-electron chi connectivity index (χ1n) is 8.28. The van der Waals surface area contributed by atoms with Crippen LogP contribution in [0.25, 0.3) is 11.1 Å². The van der Waals surface area contributed by atoms with E-state index in [1.807, 2.05) is 48.5 Å². The van der Waals surface area contributed by atoms with Gasteiger partial charge in [-0.05, 0) is 29.2 Å². The second-order valence-electron chi connectivity index (χ2n) is 5.67. The van der Waals surface area contributed by atoms with Crippen molar-refractivity contribution in [2.24, 2.45) is 0 Å². The number of halogens is 1. The summed E-state index contributed by atoms with van der Waals surface area (Å²) in [7, 11) is 0. The third-order valence-electron chi connectivity index (χ3n) is 3.80. The van der Waals surface area contributed by atoms with Gasteiger partial charge in [0.15, 0.2) is 5.01 Å². The van der Waals surface area contributed by atoms with Crippen molar-refractivity contribution in [3.05, 3.63) is 81.3 Å². The molecule has 0 fully saturated rings. The van der Waals surface area contributed by atoms with Crippen LogP contribution in [0.3, 0.4) is 0 Å². The molecule has 0 bridgehead atoms. The third-order valence-corrected chi connectivity index (χ3v) is 5.16. The average molecular weight is 384 g/mol. The van der Waals surface area contributed by atoms with Gasteiger partial charge in [-0.2, -0.15) is 0 Å². The number of aryl methyl sites for hydroxylation is 1. The van der Waals surface area contributed by atoms with Gasteiger partial charge in [0.1, 0.15) is 0 Å². The van der Waals surface area contributed by atoms with E-state index in [1.165, 1.54) is 16.9 Å². The second kappa shape index (κ2) is 8.74. The molecule has 0 saturated carbocycles. The lowest BCUT2D eigenvalue weighted by Gasteiger charge is -2.02. The fourth-order valence-corrected chi connectivity index (χ4v) is 3.27. The van der Waals surface area contributed by atoms with Crippen LogP contribution < -0.4 is 5.32 Å². The molecule has 0 spiro atoms. The van der Waals surface area contributed by atoms with Crippen molar-refractivity contribution in [1.82, 2.24) is 15.5 Å². The lowest BCUT2D eigenvalue weighted by molar-refractivity contribution is 0.0950. The van der Waals surface area contributed by atoms with Gasteiger partial charge in [0.05, 0.1) is 5.03 Å². The lowest BCUT2D eigenvalue weighted by atomic mass is 10.1. The molecule has 0 aliphatic rings. The smallest absolute Gasteiger partial charge is 0.282 e. The third kappa shape index (κ3) is 4.77. The minimum atomic E-state index is -0.255. The van der Waals surface area contributed by atoms with E-state index in [1.54, 1.807) is 0 Å². The van der Waals surface area contributed by atoms with Gasteiger partial charge in [-0.15, -0.1) is 10.2 Å². The molecular weight excluding hydrogens is 366 g/mol. The van der Waals surface area contributed by atoms with Gasteiger partial charge < -0.3 is 5.32 Å². The molecule has 0 atom stereocenters. The van der Waals surface area contributed by atoms with Gasteiger partial charge >= 0.3 is 0 Å². The zero-order valence-electron chi connectivity index (χ0n) is 14.3. The fourth-order valence-electron chi connectivity index (χ4n) is 2.32. The molecule has 0 radical (unpaired) electrons. The number of aromatic nitrogens is 2. The molecule has 3 aromatic rings. The van der Waals surface area contributed by atoms with E-state index < -0.39 is 0 Å². The van der Waals surface area contributed by atoms with E-state index in [4.69, 9.17) is 11.6 Å². The summed E-state index contributed by atoms with van der Waals surface area (Å²) >= 11 is 7.52. The number of amides is 1. The quantitative estimate of drug-likeness (QED) is 0.667. The Morgan fingerprint density at radius 2 is 1.73 bits per heavy atom. The van der Waals surface area contributed by atoms with Crippen molar-refractivity contribution < 1.29 is 4.79 Å². The number of nitrogens with zero attached hydrogens (tertiary/aromatic N) is 2. The summed E-state index contributed by atoms with van der Waals surface area (Å²) in [6.07, 6.45) is 2.82. The Kier molecular flexibility index (Phi) is 6.15. The van der Waals surface area contributed by atoms with Gasteiger partial charge in [-0.25, -0.2) is 0 Å². The Bertz CT molecular complexity index is 904. The number of rotatable bonds is 6. The van der Waals surface area contributed by atoms with Crippen LogP contribution in [0, 0.1) is 0 Å². The SMILES string of the molecule is CCc1ccc(/C=C(/Cl)c2nnc(C(=O)NCc3ccccc3)s2)cc1. The Morgan fingerprint density at radius 1 is 1.04 bits per heavy atom. The first kappa shape index (κ1) is 18.3. The highest BCUT2D eigenvalue weighted by Crippen LogP contribution is 2.25. The first-order chi connectivity index (χ1) is 12.7.